The third-order valence-electron chi connectivity index (χ3n) is 5.08. The highest BCUT2D eigenvalue weighted by Crippen LogP contribution is 2.33. The highest BCUT2D eigenvalue weighted by molar-refractivity contribution is 7.89. The van der Waals surface area contributed by atoms with Crippen molar-refractivity contribution < 1.29 is 27.2 Å². The number of anilines is 2. The summed E-state index contributed by atoms with van der Waals surface area (Å²) in [5.74, 6) is 0.497. The molecule has 2 heterocycles. The van der Waals surface area contributed by atoms with Gasteiger partial charge in [0.25, 0.3) is 5.91 Å². The Bertz CT molecular complexity index is 1260. The fourth-order valence-electron chi connectivity index (χ4n) is 3.43. The van der Waals surface area contributed by atoms with Crippen LogP contribution in [0, 0.1) is 0 Å². The second kappa shape index (κ2) is 9.47. The summed E-state index contributed by atoms with van der Waals surface area (Å²) in [6, 6.07) is 16.4. The first-order valence-corrected chi connectivity index (χ1v) is 11.8. The summed E-state index contributed by atoms with van der Waals surface area (Å²) < 4.78 is 38.3. The molecule has 0 aliphatic carbocycles. The SMILES string of the molecule is CC1Oc2ccccc2N(CCC(=O)Nc2cccc(S(=O)(=O)NCc3ccco3)c2)C1=O. The Kier molecular flexibility index (Phi) is 6.47. The maximum Gasteiger partial charge on any atom is 0.267 e. The zero-order valence-corrected chi connectivity index (χ0v) is 18.7. The molecule has 0 saturated carbocycles. The molecule has 2 amide bonds. The normalized spacial score (nSPS) is 15.6. The fourth-order valence-corrected chi connectivity index (χ4v) is 4.47. The number of ether oxygens (including phenoxy) is 1. The van der Waals surface area contributed by atoms with Crippen LogP contribution in [0.1, 0.15) is 19.1 Å². The number of hydrogen-bond donors (Lipinski definition) is 2. The van der Waals surface area contributed by atoms with E-state index in [2.05, 4.69) is 10.0 Å². The van der Waals surface area contributed by atoms with Gasteiger partial charge in [0, 0.05) is 18.7 Å². The molecule has 3 aromatic rings. The van der Waals surface area contributed by atoms with Gasteiger partial charge in [0.2, 0.25) is 15.9 Å². The van der Waals surface area contributed by atoms with Crippen molar-refractivity contribution in [1.29, 1.82) is 0 Å². The molecule has 172 valence electrons. The number of benzene rings is 2. The monoisotopic (exact) mass is 469 g/mol. The molecule has 0 radical (unpaired) electrons. The number of para-hydroxylation sites is 2. The number of furan rings is 1. The summed E-state index contributed by atoms with van der Waals surface area (Å²) in [7, 11) is -3.80. The molecule has 0 spiro atoms. The van der Waals surface area contributed by atoms with Crippen LogP contribution < -0.4 is 19.7 Å². The van der Waals surface area contributed by atoms with E-state index in [0.29, 0.717) is 22.9 Å². The summed E-state index contributed by atoms with van der Waals surface area (Å²) in [5.41, 5.74) is 0.951. The van der Waals surface area contributed by atoms with Crippen molar-refractivity contribution in [3.8, 4) is 5.75 Å². The minimum atomic E-state index is -3.80. The number of nitrogens with one attached hydrogen (secondary N) is 2. The van der Waals surface area contributed by atoms with Crippen LogP contribution in [0.3, 0.4) is 0 Å². The number of amides is 2. The van der Waals surface area contributed by atoms with Crippen LogP contribution in [0.2, 0.25) is 0 Å². The number of sulfonamides is 1. The first-order valence-electron chi connectivity index (χ1n) is 10.3. The lowest BCUT2D eigenvalue weighted by molar-refractivity contribution is -0.125. The highest BCUT2D eigenvalue weighted by atomic mass is 32.2. The fraction of sp³-hybridized carbons (Fsp3) is 0.217. The Morgan fingerprint density at radius 3 is 2.70 bits per heavy atom. The van der Waals surface area contributed by atoms with E-state index in [1.165, 1.54) is 23.3 Å². The summed E-state index contributed by atoms with van der Waals surface area (Å²) >= 11 is 0. The molecule has 9 nitrogen and oxygen atoms in total. The van der Waals surface area contributed by atoms with Crippen LogP contribution in [0.5, 0.6) is 5.75 Å². The molecular weight excluding hydrogens is 446 g/mol. The topological polar surface area (TPSA) is 118 Å². The molecule has 1 unspecified atom stereocenters. The average molecular weight is 470 g/mol. The van der Waals surface area contributed by atoms with Gasteiger partial charge in [-0.15, -0.1) is 0 Å². The minimum absolute atomic E-state index is 0.0120. The maximum atomic E-state index is 12.6. The van der Waals surface area contributed by atoms with E-state index in [4.69, 9.17) is 9.15 Å². The third kappa shape index (κ3) is 5.24. The summed E-state index contributed by atoms with van der Waals surface area (Å²) in [5, 5.41) is 2.69. The van der Waals surface area contributed by atoms with Gasteiger partial charge in [-0.05, 0) is 49.4 Å². The van der Waals surface area contributed by atoms with Gasteiger partial charge in [-0.3, -0.25) is 9.59 Å². The van der Waals surface area contributed by atoms with Crippen molar-refractivity contribution in [2.45, 2.75) is 30.9 Å². The molecule has 1 aromatic heterocycles. The Labute approximate surface area is 191 Å². The van der Waals surface area contributed by atoms with E-state index in [1.54, 1.807) is 49.4 Å². The van der Waals surface area contributed by atoms with Gasteiger partial charge in [0.15, 0.2) is 6.10 Å². The van der Waals surface area contributed by atoms with E-state index >= 15 is 0 Å². The van der Waals surface area contributed by atoms with Crippen molar-refractivity contribution >= 4 is 33.2 Å². The molecule has 1 aliphatic rings. The first kappa shape index (κ1) is 22.6. The van der Waals surface area contributed by atoms with Gasteiger partial charge in [0.05, 0.1) is 23.4 Å². The predicted molar refractivity (Wildman–Crippen MR) is 121 cm³/mol. The summed E-state index contributed by atoms with van der Waals surface area (Å²) in [6.45, 7) is 1.84. The number of hydrogen-bond acceptors (Lipinski definition) is 6. The van der Waals surface area contributed by atoms with Gasteiger partial charge in [-0.1, -0.05) is 18.2 Å². The lowest BCUT2D eigenvalue weighted by Crippen LogP contribution is -2.45. The molecule has 2 N–H and O–H groups in total. The number of carbonyl (C=O) groups excluding carboxylic acids is 2. The molecule has 0 saturated heterocycles. The van der Waals surface area contributed by atoms with E-state index in [9.17, 15) is 18.0 Å². The smallest absolute Gasteiger partial charge is 0.267 e. The van der Waals surface area contributed by atoms with Crippen molar-refractivity contribution in [1.82, 2.24) is 4.72 Å². The number of fused-ring (bicyclic) bond motifs is 1. The van der Waals surface area contributed by atoms with E-state index in [-0.39, 0.29) is 36.2 Å². The largest absolute Gasteiger partial charge is 0.479 e. The van der Waals surface area contributed by atoms with Crippen molar-refractivity contribution in [2.24, 2.45) is 0 Å². The minimum Gasteiger partial charge on any atom is -0.479 e. The number of carbonyl (C=O) groups is 2. The Hall–Kier alpha value is -3.63. The van der Waals surface area contributed by atoms with Gasteiger partial charge in [-0.2, -0.15) is 0 Å². The number of rotatable bonds is 8. The molecule has 4 rings (SSSR count). The van der Waals surface area contributed by atoms with Crippen LogP contribution >= 0.6 is 0 Å². The summed E-state index contributed by atoms with van der Waals surface area (Å²) in [4.78, 5) is 26.6. The van der Waals surface area contributed by atoms with Crippen molar-refractivity contribution in [2.75, 3.05) is 16.8 Å². The van der Waals surface area contributed by atoms with Gasteiger partial charge in [-0.25, -0.2) is 13.1 Å². The zero-order valence-electron chi connectivity index (χ0n) is 17.9. The van der Waals surface area contributed by atoms with E-state index < -0.39 is 16.1 Å². The van der Waals surface area contributed by atoms with Crippen LogP contribution in [0.4, 0.5) is 11.4 Å². The zero-order chi connectivity index (χ0) is 23.4. The van der Waals surface area contributed by atoms with Crippen LogP contribution in [0.15, 0.2) is 76.2 Å². The molecule has 0 bridgehead atoms. The van der Waals surface area contributed by atoms with Gasteiger partial charge >= 0.3 is 0 Å². The standard InChI is InChI=1S/C23H23N3O6S/c1-16-23(28)26(20-9-2-3-10-21(20)32-16)12-11-22(27)25-17-6-4-8-19(14-17)33(29,30)24-15-18-7-5-13-31-18/h2-10,13-14,16,24H,11-12,15H2,1H3,(H,25,27). The van der Waals surface area contributed by atoms with Crippen LogP contribution in [-0.2, 0) is 26.2 Å². The Morgan fingerprint density at radius 1 is 1.09 bits per heavy atom. The van der Waals surface area contributed by atoms with Gasteiger partial charge < -0.3 is 19.4 Å². The molecule has 0 fully saturated rings. The van der Waals surface area contributed by atoms with Crippen molar-refractivity contribution in [3.63, 3.8) is 0 Å². The van der Waals surface area contributed by atoms with E-state index in [1.807, 2.05) is 6.07 Å². The van der Waals surface area contributed by atoms with Crippen LogP contribution in [-0.4, -0.2) is 32.9 Å². The predicted octanol–water partition coefficient (Wildman–Crippen LogP) is 2.90. The summed E-state index contributed by atoms with van der Waals surface area (Å²) in [6.07, 6.45) is 0.850. The third-order valence-corrected chi connectivity index (χ3v) is 6.48. The Balaban J connectivity index is 1.39. The first-order chi connectivity index (χ1) is 15.8. The highest BCUT2D eigenvalue weighted by Gasteiger charge is 2.31. The van der Waals surface area contributed by atoms with Gasteiger partial charge in [0.1, 0.15) is 11.5 Å². The quantitative estimate of drug-likeness (QED) is 0.524. The molecule has 1 atom stereocenters. The molecule has 10 heteroatoms. The maximum absolute atomic E-state index is 12.6. The lowest BCUT2D eigenvalue weighted by atomic mass is 10.1. The second-order valence-electron chi connectivity index (χ2n) is 7.45. The van der Waals surface area contributed by atoms with Crippen molar-refractivity contribution in [3.05, 3.63) is 72.7 Å². The van der Waals surface area contributed by atoms with E-state index in [0.717, 1.165) is 0 Å². The second-order valence-corrected chi connectivity index (χ2v) is 9.21. The Morgan fingerprint density at radius 2 is 1.91 bits per heavy atom. The molecule has 1 aliphatic heterocycles. The number of nitrogens with zero attached hydrogens (tertiary/aromatic N) is 1. The lowest BCUT2D eigenvalue weighted by Gasteiger charge is -2.32. The average Bonchev–Trinajstić information content (AvgIpc) is 3.32. The molecule has 2 aromatic carbocycles. The van der Waals surface area contributed by atoms with Crippen LogP contribution in [0.25, 0.3) is 0 Å². The molecular formula is C23H23N3O6S. The molecule has 33 heavy (non-hydrogen) atoms.